The van der Waals surface area contributed by atoms with Crippen LogP contribution in [0.5, 0.6) is 0 Å². The predicted molar refractivity (Wildman–Crippen MR) is 51.0 cm³/mol. The summed E-state index contributed by atoms with van der Waals surface area (Å²) in [5.74, 6) is 0.738. The maximum atomic E-state index is 5.78. The van der Waals surface area contributed by atoms with E-state index in [9.17, 15) is 0 Å². The Balaban J connectivity index is 2.66. The molecule has 0 atom stereocenters. The Morgan fingerprint density at radius 1 is 1.42 bits per heavy atom. The number of aromatic nitrogens is 2. The third kappa shape index (κ3) is 0.828. The predicted octanol–water partition coefficient (Wildman–Crippen LogP) is 0.860. The van der Waals surface area contributed by atoms with E-state index in [4.69, 9.17) is 5.73 Å². The van der Waals surface area contributed by atoms with Crippen molar-refractivity contribution >= 4 is 21.0 Å². The molecular formula is C7H10N4S. The van der Waals surface area contributed by atoms with Gasteiger partial charge in [-0.15, -0.1) is 0 Å². The Kier molecular flexibility index (Phi) is 1.38. The first-order chi connectivity index (χ1) is 5.62. The third-order valence-corrected chi connectivity index (χ3v) is 4.47. The molecule has 1 aliphatic heterocycles. The molecule has 0 amide bonds. The van der Waals surface area contributed by atoms with E-state index < -0.39 is 10.0 Å². The molecule has 1 aliphatic rings. The zero-order valence-corrected chi connectivity index (χ0v) is 7.80. The fourth-order valence-corrected chi connectivity index (χ4v) is 2.50. The van der Waals surface area contributed by atoms with Gasteiger partial charge in [0, 0.05) is 6.20 Å². The van der Waals surface area contributed by atoms with Gasteiger partial charge in [0.25, 0.3) is 0 Å². The summed E-state index contributed by atoms with van der Waals surface area (Å²) in [6.45, 7) is 0. The van der Waals surface area contributed by atoms with Gasteiger partial charge in [-0.05, 0) is 12.5 Å². The summed E-state index contributed by atoms with van der Waals surface area (Å²) < 4.78 is 0. The standard InChI is InChI=1S/C7H10N4S/c1-12(2)5-3-9-4-10-6(5)11-7(12)8/h3-4H,1-2H3,(H2,8,9,10,11). The molecule has 2 heterocycles. The van der Waals surface area contributed by atoms with E-state index in [1.807, 2.05) is 0 Å². The highest BCUT2D eigenvalue weighted by Gasteiger charge is 2.29. The summed E-state index contributed by atoms with van der Waals surface area (Å²) >= 11 is 0. The molecule has 4 nitrogen and oxygen atoms in total. The van der Waals surface area contributed by atoms with Crippen molar-refractivity contribution in [2.45, 2.75) is 4.90 Å². The minimum atomic E-state index is -1.08. The van der Waals surface area contributed by atoms with Crippen LogP contribution in [0, 0.1) is 0 Å². The lowest BCUT2D eigenvalue weighted by Crippen LogP contribution is -2.15. The van der Waals surface area contributed by atoms with Crippen LogP contribution in [0.15, 0.2) is 22.4 Å². The molecule has 12 heavy (non-hydrogen) atoms. The highest BCUT2D eigenvalue weighted by molar-refractivity contribution is 8.44. The lowest BCUT2D eigenvalue weighted by molar-refractivity contribution is 1.09. The normalized spacial score (nSPS) is 21.3. The van der Waals surface area contributed by atoms with E-state index in [1.54, 1.807) is 6.20 Å². The van der Waals surface area contributed by atoms with Crippen LogP contribution in [0.1, 0.15) is 0 Å². The van der Waals surface area contributed by atoms with E-state index in [0.29, 0.717) is 5.17 Å². The van der Waals surface area contributed by atoms with E-state index in [2.05, 4.69) is 27.5 Å². The third-order valence-electron chi connectivity index (χ3n) is 1.95. The Labute approximate surface area is 72.3 Å². The maximum absolute atomic E-state index is 5.78. The number of hydrogen-bond acceptors (Lipinski definition) is 4. The average molecular weight is 182 g/mol. The van der Waals surface area contributed by atoms with Crippen molar-refractivity contribution in [2.24, 2.45) is 10.7 Å². The van der Waals surface area contributed by atoms with Gasteiger partial charge in [-0.25, -0.2) is 15.0 Å². The highest BCUT2D eigenvalue weighted by atomic mass is 32.3. The number of nitrogens with zero attached hydrogens (tertiary/aromatic N) is 3. The lowest BCUT2D eigenvalue weighted by Gasteiger charge is -2.24. The molecule has 0 spiro atoms. The fourth-order valence-electron chi connectivity index (χ4n) is 1.09. The van der Waals surface area contributed by atoms with Gasteiger partial charge in [0.05, 0.1) is 4.90 Å². The van der Waals surface area contributed by atoms with Crippen LogP contribution >= 0.6 is 10.0 Å². The van der Waals surface area contributed by atoms with Crippen LogP contribution in [0.4, 0.5) is 5.82 Å². The van der Waals surface area contributed by atoms with Crippen molar-refractivity contribution in [1.82, 2.24) is 9.97 Å². The van der Waals surface area contributed by atoms with Gasteiger partial charge in [-0.2, -0.15) is 10.0 Å². The summed E-state index contributed by atoms with van der Waals surface area (Å²) in [7, 11) is -1.08. The minimum absolute atomic E-state index is 0.693. The van der Waals surface area contributed by atoms with Crippen LogP contribution in [0.25, 0.3) is 0 Å². The first-order valence-corrected chi connectivity index (χ1v) is 5.95. The SMILES string of the molecule is CS1(C)C(N)=Nc2ncncc21. The van der Waals surface area contributed by atoms with Crippen molar-refractivity contribution in [1.29, 1.82) is 0 Å². The Morgan fingerprint density at radius 2 is 2.17 bits per heavy atom. The molecule has 64 valence electrons. The molecule has 0 aromatic carbocycles. The van der Waals surface area contributed by atoms with Crippen LogP contribution in [0.3, 0.4) is 0 Å². The number of rotatable bonds is 0. The summed E-state index contributed by atoms with van der Waals surface area (Å²) in [5.41, 5.74) is 5.78. The monoisotopic (exact) mass is 182 g/mol. The second-order valence-electron chi connectivity index (χ2n) is 2.99. The van der Waals surface area contributed by atoms with Gasteiger partial charge in [-0.3, -0.25) is 0 Å². The summed E-state index contributed by atoms with van der Waals surface area (Å²) in [6.07, 6.45) is 7.50. The van der Waals surface area contributed by atoms with Crippen LogP contribution in [-0.4, -0.2) is 27.6 Å². The highest BCUT2D eigenvalue weighted by Crippen LogP contribution is 2.56. The van der Waals surface area contributed by atoms with Crippen LogP contribution in [0.2, 0.25) is 0 Å². The minimum Gasteiger partial charge on any atom is -0.379 e. The molecule has 1 aromatic rings. The van der Waals surface area contributed by atoms with Crippen molar-refractivity contribution in [3.05, 3.63) is 12.5 Å². The number of fused-ring (bicyclic) bond motifs is 1. The molecule has 1 aromatic heterocycles. The average Bonchev–Trinajstić information content (AvgIpc) is 2.25. The number of aliphatic imine (C=N–C) groups is 1. The zero-order valence-electron chi connectivity index (χ0n) is 6.98. The second-order valence-corrected chi connectivity index (χ2v) is 6.50. The molecule has 5 heteroatoms. The van der Waals surface area contributed by atoms with E-state index in [-0.39, 0.29) is 0 Å². The van der Waals surface area contributed by atoms with Gasteiger partial charge in [-0.1, -0.05) is 0 Å². The molecule has 0 saturated carbocycles. The van der Waals surface area contributed by atoms with Gasteiger partial charge < -0.3 is 5.73 Å². The molecule has 2 N–H and O–H groups in total. The van der Waals surface area contributed by atoms with Crippen molar-refractivity contribution in [3.8, 4) is 0 Å². The Bertz CT molecular complexity index is 358. The van der Waals surface area contributed by atoms with Crippen LogP contribution in [-0.2, 0) is 0 Å². The van der Waals surface area contributed by atoms with Gasteiger partial charge in [0.15, 0.2) is 5.82 Å². The molecular weight excluding hydrogens is 172 g/mol. The topological polar surface area (TPSA) is 64.2 Å². The maximum Gasteiger partial charge on any atom is 0.170 e. The van der Waals surface area contributed by atoms with Crippen molar-refractivity contribution in [3.63, 3.8) is 0 Å². The van der Waals surface area contributed by atoms with Crippen LogP contribution < -0.4 is 5.73 Å². The molecule has 0 aliphatic carbocycles. The molecule has 0 bridgehead atoms. The molecule has 0 fully saturated rings. The molecule has 0 radical (unpaired) electrons. The largest absolute Gasteiger partial charge is 0.379 e. The van der Waals surface area contributed by atoms with Gasteiger partial charge in [0.2, 0.25) is 0 Å². The Hall–Kier alpha value is -1.10. The van der Waals surface area contributed by atoms with Gasteiger partial charge in [0.1, 0.15) is 11.5 Å². The second kappa shape index (κ2) is 2.20. The first kappa shape index (κ1) is 7.54. The molecule has 0 unspecified atom stereocenters. The van der Waals surface area contributed by atoms with Crippen molar-refractivity contribution in [2.75, 3.05) is 12.5 Å². The number of nitrogens with two attached hydrogens (primary N) is 1. The fraction of sp³-hybridized carbons (Fsp3) is 0.286. The van der Waals surface area contributed by atoms with E-state index >= 15 is 0 Å². The number of hydrogen-bond donors (Lipinski definition) is 1. The quantitative estimate of drug-likeness (QED) is 0.647. The molecule has 0 saturated heterocycles. The summed E-state index contributed by atoms with van der Waals surface area (Å²) in [4.78, 5) is 13.3. The van der Waals surface area contributed by atoms with Gasteiger partial charge >= 0.3 is 0 Å². The first-order valence-electron chi connectivity index (χ1n) is 3.50. The lowest BCUT2D eigenvalue weighted by atomic mass is 10.6. The molecule has 2 rings (SSSR count). The van der Waals surface area contributed by atoms with Crippen molar-refractivity contribution < 1.29 is 0 Å². The smallest absolute Gasteiger partial charge is 0.170 e. The van der Waals surface area contributed by atoms with E-state index in [0.717, 1.165) is 10.7 Å². The summed E-state index contributed by atoms with van der Waals surface area (Å²) in [5, 5.41) is 0.693. The number of amidine groups is 1. The van der Waals surface area contributed by atoms with E-state index in [1.165, 1.54) is 6.33 Å². The Morgan fingerprint density at radius 3 is 2.83 bits per heavy atom. The zero-order chi connectivity index (χ0) is 8.77. The summed E-state index contributed by atoms with van der Waals surface area (Å²) in [6, 6.07) is 0.